The predicted molar refractivity (Wildman–Crippen MR) is 172 cm³/mol. The molecule has 2 aromatic carbocycles. The van der Waals surface area contributed by atoms with Crippen LogP contribution in [0, 0.1) is 22.6 Å². The summed E-state index contributed by atoms with van der Waals surface area (Å²) in [6.07, 6.45) is 2.42. The van der Waals surface area contributed by atoms with Crippen molar-refractivity contribution in [1.82, 2.24) is 24.9 Å². The molecular weight excluding hydrogens is 589 g/mol. The van der Waals surface area contributed by atoms with E-state index in [1.165, 1.54) is 19.2 Å². The zero-order chi connectivity index (χ0) is 33.2. The van der Waals surface area contributed by atoms with Gasteiger partial charge in [0.2, 0.25) is 0 Å². The van der Waals surface area contributed by atoms with Crippen LogP contribution in [0.2, 0.25) is 0 Å². The summed E-state index contributed by atoms with van der Waals surface area (Å²) in [5.41, 5.74) is 8.85. The Balaban J connectivity index is 1.23. The van der Waals surface area contributed by atoms with Crippen LogP contribution in [0.3, 0.4) is 0 Å². The van der Waals surface area contributed by atoms with Crippen LogP contribution in [-0.2, 0) is 6.54 Å². The highest BCUT2D eigenvalue weighted by molar-refractivity contribution is 5.96. The van der Waals surface area contributed by atoms with Crippen molar-refractivity contribution in [3.05, 3.63) is 65.0 Å². The van der Waals surface area contributed by atoms with Crippen LogP contribution >= 0.6 is 0 Å². The van der Waals surface area contributed by atoms with Gasteiger partial charge in [-0.2, -0.15) is 10.4 Å². The van der Waals surface area contributed by atoms with Crippen molar-refractivity contribution < 1.29 is 23.8 Å². The fraction of sp³-hybridized carbons (Fsp3) is 0.471. The Morgan fingerprint density at radius 3 is 2.39 bits per heavy atom. The summed E-state index contributed by atoms with van der Waals surface area (Å²) in [6, 6.07) is 13.7. The van der Waals surface area contributed by atoms with Gasteiger partial charge in [-0.3, -0.25) is 4.79 Å². The van der Waals surface area contributed by atoms with Gasteiger partial charge in [-0.05, 0) is 54.9 Å². The van der Waals surface area contributed by atoms with E-state index in [4.69, 9.17) is 15.6 Å². The average molecular weight is 632 g/mol. The summed E-state index contributed by atoms with van der Waals surface area (Å²) < 4.78 is 20.7. The molecule has 2 amide bonds. The van der Waals surface area contributed by atoms with E-state index in [1.54, 1.807) is 9.58 Å². The fourth-order valence-electron chi connectivity index (χ4n) is 6.78. The third-order valence-electron chi connectivity index (χ3n) is 9.33. The number of hydrogen-bond acceptors (Lipinski definition) is 7. The van der Waals surface area contributed by atoms with Crippen LogP contribution in [0.25, 0.3) is 11.3 Å². The first-order valence-corrected chi connectivity index (χ1v) is 15.6. The van der Waals surface area contributed by atoms with E-state index < -0.39 is 17.8 Å². The van der Waals surface area contributed by atoms with E-state index in [2.05, 4.69) is 37.1 Å². The van der Waals surface area contributed by atoms with Crippen LogP contribution in [0.1, 0.15) is 74.0 Å². The van der Waals surface area contributed by atoms with Gasteiger partial charge in [-0.25, -0.2) is 13.9 Å². The van der Waals surface area contributed by atoms with Crippen molar-refractivity contribution in [1.29, 1.82) is 5.26 Å². The third kappa shape index (κ3) is 6.79. The van der Waals surface area contributed by atoms with Crippen molar-refractivity contribution in [2.75, 3.05) is 32.5 Å². The quantitative estimate of drug-likeness (QED) is 0.319. The minimum atomic E-state index is -0.848. The molecule has 244 valence electrons. The third-order valence-corrected chi connectivity index (χ3v) is 9.33. The Hall–Kier alpha value is -4.63. The van der Waals surface area contributed by atoms with Gasteiger partial charge >= 0.3 is 6.09 Å². The Labute approximate surface area is 268 Å². The number of nitrogens with zero attached hydrogens (tertiary/aromatic N) is 5. The number of nitrogen functional groups attached to an aromatic ring is 1. The smallest absolute Gasteiger partial charge is 0.407 e. The number of ether oxygens (including phenoxy) is 1. The molecule has 0 saturated carbocycles. The van der Waals surface area contributed by atoms with Crippen LogP contribution in [-0.4, -0.2) is 75.5 Å². The molecule has 1 aromatic heterocycles. The van der Waals surface area contributed by atoms with Gasteiger partial charge < -0.3 is 30.7 Å². The van der Waals surface area contributed by atoms with Crippen molar-refractivity contribution in [3.8, 4) is 23.1 Å². The minimum absolute atomic E-state index is 0.0383. The zero-order valence-electron chi connectivity index (χ0n) is 26.8. The molecule has 46 heavy (non-hydrogen) atoms. The number of nitriles is 1. The highest BCUT2D eigenvalue weighted by Crippen LogP contribution is 2.37. The maximum absolute atomic E-state index is 13.7. The van der Waals surface area contributed by atoms with Crippen LogP contribution in [0.4, 0.5) is 15.0 Å². The van der Waals surface area contributed by atoms with Crippen LogP contribution < -0.4 is 15.8 Å². The predicted octanol–water partition coefficient (Wildman–Crippen LogP) is 5.28. The summed E-state index contributed by atoms with van der Waals surface area (Å²) >= 11 is 0. The number of hydrogen-bond donors (Lipinski definition) is 3. The molecule has 0 radical (unpaired) electrons. The number of anilines is 1. The molecule has 0 aliphatic carbocycles. The van der Waals surface area contributed by atoms with Crippen molar-refractivity contribution >= 4 is 17.8 Å². The van der Waals surface area contributed by atoms with Gasteiger partial charge in [-0.15, -0.1) is 0 Å². The number of methoxy groups -OCH3 is 1. The standard InChI is InChI=1S/C34H42FN7O4/c1-34(2,3)29-18-25(13-16-41(29)33(44)45)40-14-11-24(12-15-40)42-31(37)27(19-36)30(39-42)22-7-5-21(6-8-22)20-38-32(43)26-17-23(35)9-10-28(26)46-4/h5-10,17,24-25,29H,11-16,18,20,37H2,1-4H3,(H,38,43)(H,44,45). The molecule has 2 unspecified atom stereocenters. The second kappa shape index (κ2) is 13.4. The van der Waals surface area contributed by atoms with Crippen molar-refractivity contribution in [3.63, 3.8) is 0 Å². The van der Waals surface area contributed by atoms with Gasteiger partial charge in [0, 0.05) is 43.8 Å². The lowest BCUT2D eigenvalue weighted by Crippen LogP contribution is -2.56. The highest BCUT2D eigenvalue weighted by atomic mass is 19.1. The van der Waals surface area contributed by atoms with E-state index in [0.29, 0.717) is 29.7 Å². The number of carbonyl (C=O) groups is 2. The molecular formula is C34H42FN7O4. The van der Waals surface area contributed by atoms with E-state index in [9.17, 15) is 24.3 Å². The molecule has 3 aromatic rings. The summed E-state index contributed by atoms with van der Waals surface area (Å²) in [5.74, 6) is -0.351. The topological polar surface area (TPSA) is 150 Å². The number of piperidine rings is 2. The average Bonchev–Trinajstić information content (AvgIpc) is 3.38. The number of carbonyl (C=O) groups excluding carboxylic acids is 1. The maximum atomic E-state index is 13.7. The zero-order valence-corrected chi connectivity index (χ0v) is 26.8. The van der Waals surface area contributed by atoms with Crippen molar-refractivity contribution in [2.24, 2.45) is 5.41 Å². The highest BCUT2D eigenvalue weighted by Gasteiger charge is 2.41. The molecule has 3 heterocycles. The second-order valence-electron chi connectivity index (χ2n) is 13.2. The van der Waals surface area contributed by atoms with E-state index >= 15 is 0 Å². The van der Waals surface area contributed by atoms with Gasteiger partial charge in [-0.1, -0.05) is 45.0 Å². The molecule has 0 bridgehead atoms. The van der Waals surface area contributed by atoms with Crippen LogP contribution in [0.5, 0.6) is 5.75 Å². The minimum Gasteiger partial charge on any atom is -0.496 e. The molecule has 2 fully saturated rings. The van der Waals surface area contributed by atoms with E-state index in [0.717, 1.165) is 56.0 Å². The summed E-state index contributed by atoms with van der Waals surface area (Å²) in [5, 5.41) is 27.3. The Bertz CT molecular complexity index is 1620. The summed E-state index contributed by atoms with van der Waals surface area (Å²) in [4.78, 5) is 28.6. The molecule has 2 saturated heterocycles. The lowest BCUT2D eigenvalue weighted by atomic mass is 9.78. The molecule has 11 nitrogen and oxygen atoms in total. The lowest BCUT2D eigenvalue weighted by Gasteiger charge is -2.48. The number of nitrogens with two attached hydrogens (primary N) is 1. The number of amides is 2. The molecule has 2 atom stereocenters. The molecule has 2 aliphatic heterocycles. The van der Waals surface area contributed by atoms with Gasteiger partial charge in [0.05, 0.1) is 18.7 Å². The second-order valence-corrected chi connectivity index (χ2v) is 13.2. The first kappa shape index (κ1) is 32.8. The number of aromatic nitrogens is 2. The molecule has 5 rings (SSSR count). The monoisotopic (exact) mass is 631 g/mol. The van der Waals surface area contributed by atoms with E-state index in [1.807, 2.05) is 24.3 Å². The summed E-state index contributed by atoms with van der Waals surface area (Å²) in [7, 11) is 1.42. The van der Waals surface area contributed by atoms with Crippen LogP contribution in [0.15, 0.2) is 42.5 Å². The SMILES string of the molecule is COc1ccc(F)cc1C(=O)NCc1ccc(-c2nn(C3CCN(C4CCN(C(=O)O)C(C(C)(C)C)C4)CC3)c(N)c2C#N)cc1. The molecule has 12 heteroatoms. The van der Waals surface area contributed by atoms with Gasteiger partial charge in [0.15, 0.2) is 0 Å². The Kier molecular flexibility index (Phi) is 9.53. The summed E-state index contributed by atoms with van der Waals surface area (Å²) in [6.45, 7) is 8.75. The lowest BCUT2D eigenvalue weighted by molar-refractivity contribution is 0.0109. The van der Waals surface area contributed by atoms with E-state index in [-0.39, 0.29) is 35.4 Å². The first-order chi connectivity index (χ1) is 21.9. The number of carboxylic acid groups (broad SMARTS) is 1. The van der Waals surface area contributed by atoms with Gasteiger partial charge in [0.25, 0.3) is 5.91 Å². The number of halogens is 1. The van der Waals surface area contributed by atoms with Gasteiger partial charge in [0.1, 0.15) is 34.7 Å². The Morgan fingerprint density at radius 1 is 1.11 bits per heavy atom. The number of benzene rings is 2. The fourth-order valence-corrected chi connectivity index (χ4v) is 6.78. The Morgan fingerprint density at radius 2 is 1.78 bits per heavy atom. The number of likely N-dealkylation sites (tertiary alicyclic amines) is 2. The first-order valence-electron chi connectivity index (χ1n) is 15.6. The molecule has 0 spiro atoms. The molecule has 4 N–H and O–H groups in total. The van der Waals surface area contributed by atoms with Crippen molar-refractivity contribution in [2.45, 2.75) is 71.1 Å². The maximum Gasteiger partial charge on any atom is 0.407 e. The largest absolute Gasteiger partial charge is 0.496 e. The normalized spacial score (nSPS) is 19.4. The number of rotatable bonds is 7. The molecule has 2 aliphatic rings. The number of nitrogens with one attached hydrogen (secondary N) is 1.